The van der Waals surface area contributed by atoms with Crippen molar-refractivity contribution in [3.8, 4) is 11.5 Å². The van der Waals surface area contributed by atoms with Crippen LogP contribution in [0.25, 0.3) is 0 Å². The molecule has 4 rings (SSSR count). The molecule has 1 saturated heterocycles. The number of hydrogen-bond acceptors (Lipinski definition) is 5. The highest BCUT2D eigenvalue weighted by Crippen LogP contribution is 2.37. The number of ether oxygens (including phenoxy) is 3. The van der Waals surface area contributed by atoms with Gasteiger partial charge in [0.25, 0.3) is 5.91 Å². The number of methoxy groups -OCH3 is 2. The Morgan fingerprint density at radius 3 is 2.07 bits per heavy atom. The third kappa shape index (κ3) is 7.51. The highest BCUT2D eigenvalue weighted by molar-refractivity contribution is 5.95. The summed E-state index contributed by atoms with van der Waals surface area (Å²) in [5.74, 6) is -0.333. The van der Waals surface area contributed by atoms with Gasteiger partial charge in [0, 0.05) is 30.8 Å². The minimum Gasteiger partial charge on any atom is -0.493 e. The Hall–Kier alpha value is -4.42. The maximum absolute atomic E-state index is 13.6. The number of piperazine rings is 1. The number of hydrogen-bond donors (Lipinski definition) is 0. The van der Waals surface area contributed by atoms with Crippen LogP contribution in [0.1, 0.15) is 32.6 Å². The number of carbonyl (C=O) groups excluding carboxylic acids is 2. The van der Waals surface area contributed by atoms with Crippen LogP contribution >= 0.6 is 0 Å². The van der Waals surface area contributed by atoms with Crippen LogP contribution < -0.4 is 9.47 Å². The Labute approximate surface area is 243 Å². The van der Waals surface area contributed by atoms with Crippen LogP contribution in [0.3, 0.4) is 0 Å². The number of rotatable bonds is 7. The van der Waals surface area contributed by atoms with Crippen LogP contribution in [0.5, 0.6) is 11.5 Å². The van der Waals surface area contributed by atoms with Crippen LogP contribution in [0.15, 0.2) is 66.7 Å². The zero-order valence-corrected chi connectivity index (χ0v) is 23.2. The molecule has 13 heteroatoms. The summed E-state index contributed by atoms with van der Waals surface area (Å²) in [7, 11) is 2.83. The fraction of sp³-hybridized carbons (Fsp3) is 0.333. The first-order valence-corrected chi connectivity index (χ1v) is 13.1. The van der Waals surface area contributed by atoms with Crippen molar-refractivity contribution >= 4 is 12.0 Å². The van der Waals surface area contributed by atoms with E-state index in [1.165, 1.54) is 24.0 Å². The molecule has 0 aliphatic carbocycles. The van der Waals surface area contributed by atoms with Crippen molar-refractivity contribution in [1.82, 2.24) is 9.80 Å². The molecule has 1 fully saturated rings. The molecule has 0 spiro atoms. The topological polar surface area (TPSA) is 68.3 Å². The fourth-order valence-electron chi connectivity index (χ4n) is 4.89. The smallest absolute Gasteiger partial charge is 0.416 e. The van der Waals surface area contributed by atoms with E-state index >= 15 is 0 Å². The summed E-state index contributed by atoms with van der Waals surface area (Å²) >= 11 is 0. The van der Waals surface area contributed by atoms with Gasteiger partial charge in [-0.3, -0.25) is 4.79 Å². The first kappa shape index (κ1) is 31.5. The normalized spacial score (nSPS) is 15.7. The molecule has 0 aromatic heterocycles. The van der Waals surface area contributed by atoms with Gasteiger partial charge in [0.15, 0.2) is 11.5 Å². The van der Waals surface area contributed by atoms with Crippen LogP contribution in [0.4, 0.5) is 31.1 Å². The van der Waals surface area contributed by atoms with Crippen molar-refractivity contribution in [3.05, 3.63) is 94.5 Å². The summed E-state index contributed by atoms with van der Waals surface area (Å²) < 4.78 is 97.3. The third-order valence-electron chi connectivity index (χ3n) is 6.98. The fourth-order valence-corrected chi connectivity index (χ4v) is 4.89. The molecule has 230 valence electrons. The summed E-state index contributed by atoms with van der Waals surface area (Å²) in [4.78, 5) is 29.1. The molecule has 1 heterocycles. The Morgan fingerprint density at radius 2 is 1.49 bits per heavy atom. The lowest BCUT2D eigenvalue weighted by atomic mass is 9.98. The molecule has 1 aliphatic heterocycles. The van der Waals surface area contributed by atoms with Gasteiger partial charge in [-0.1, -0.05) is 42.5 Å². The van der Waals surface area contributed by atoms with Crippen molar-refractivity contribution < 1.29 is 50.1 Å². The number of alkyl halides is 6. The summed E-state index contributed by atoms with van der Waals surface area (Å²) in [5, 5.41) is 0. The molecule has 1 aliphatic rings. The summed E-state index contributed by atoms with van der Waals surface area (Å²) in [6.07, 6.45) is -10.9. The molecule has 3 aromatic carbocycles. The van der Waals surface area contributed by atoms with Gasteiger partial charge in [0.1, 0.15) is 6.61 Å². The van der Waals surface area contributed by atoms with Gasteiger partial charge in [0.05, 0.1) is 31.4 Å². The van der Waals surface area contributed by atoms with Crippen LogP contribution in [0.2, 0.25) is 0 Å². The van der Waals surface area contributed by atoms with Gasteiger partial charge in [0.2, 0.25) is 0 Å². The first-order chi connectivity index (χ1) is 20.3. The minimum absolute atomic E-state index is 0.0162. The van der Waals surface area contributed by atoms with E-state index in [1.54, 1.807) is 48.5 Å². The van der Waals surface area contributed by atoms with Crippen molar-refractivity contribution in [2.24, 2.45) is 0 Å². The number of carbonyl (C=O) groups is 2. The first-order valence-electron chi connectivity index (χ1n) is 13.1. The van der Waals surface area contributed by atoms with E-state index in [4.69, 9.17) is 14.2 Å². The lowest BCUT2D eigenvalue weighted by Gasteiger charge is -2.41. The lowest BCUT2D eigenvalue weighted by Crippen LogP contribution is -2.57. The summed E-state index contributed by atoms with van der Waals surface area (Å²) in [6.45, 7) is -0.355. The molecule has 7 nitrogen and oxygen atoms in total. The van der Waals surface area contributed by atoms with Gasteiger partial charge >= 0.3 is 18.4 Å². The molecule has 1 unspecified atom stereocenters. The molecule has 0 bridgehead atoms. The maximum Gasteiger partial charge on any atom is 0.416 e. The average molecular weight is 611 g/mol. The van der Waals surface area contributed by atoms with Crippen molar-refractivity contribution in [2.45, 2.75) is 31.4 Å². The van der Waals surface area contributed by atoms with E-state index in [1.807, 2.05) is 0 Å². The monoisotopic (exact) mass is 610 g/mol. The summed E-state index contributed by atoms with van der Waals surface area (Å²) in [6, 6.07) is 13.8. The minimum atomic E-state index is -5.12. The zero-order chi connectivity index (χ0) is 31.4. The highest BCUT2D eigenvalue weighted by Gasteiger charge is 2.40. The predicted octanol–water partition coefficient (Wildman–Crippen LogP) is 6.45. The Bertz CT molecular complexity index is 1410. The second-order valence-electron chi connectivity index (χ2n) is 9.79. The molecule has 43 heavy (non-hydrogen) atoms. The van der Waals surface area contributed by atoms with Crippen LogP contribution in [0, 0.1) is 0 Å². The van der Waals surface area contributed by atoms with E-state index < -0.39 is 47.1 Å². The Balaban J connectivity index is 1.67. The van der Waals surface area contributed by atoms with E-state index in [0.29, 0.717) is 29.2 Å². The average Bonchev–Trinajstić information content (AvgIpc) is 2.98. The number of para-hydroxylation sites is 1. The van der Waals surface area contributed by atoms with Gasteiger partial charge in [-0.05, 0) is 36.2 Å². The summed E-state index contributed by atoms with van der Waals surface area (Å²) in [5.41, 5.74) is -2.68. The Morgan fingerprint density at radius 1 is 0.837 bits per heavy atom. The second kappa shape index (κ2) is 12.8. The predicted molar refractivity (Wildman–Crippen MR) is 143 cm³/mol. The van der Waals surface area contributed by atoms with E-state index in [2.05, 4.69) is 0 Å². The van der Waals surface area contributed by atoms with Crippen molar-refractivity contribution in [1.29, 1.82) is 0 Å². The molecule has 0 saturated carbocycles. The van der Waals surface area contributed by atoms with Gasteiger partial charge in [-0.25, -0.2) is 4.79 Å². The quantitative estimate of drug-likeness (QED) is 0.288. The third-order valence-corrected chi connectivity index (χ3v) is 6.98. The maximum atomic E-state index is 13.6. The number of amides is 2. The van der Waals surface area contributed by atoms with Crippen LogP contribution in [-0.4, -0.2) is 61.7 Å². The van der Waals surface area contributed by atoms with E-state index in [0.717, 1.165) is 5.56 Å². The number of halogens is 6. The zero-order valence-electron chi connectivity index (χ0n) is 23.2. The second-order valence-corrected chi connectivity index (χ2v) is 9.79. The Kier molecular flexibility index (Phi) is 9.41. The SMILES string of the molecule is COc1cccc(CC2CN(C(=O)OCc3ccccc3)CCN2C(=O)c2cc(C(F)(F)F)cc(C(F)(F)F)c2)c1OC. The standard InChI is InChI=1S/C30H28F6N2O5/c1-41-25-10-6-9-20(26(25)42-2)15-24-17-37(28(40)43-18-19-7-4-3-5-8-19)11-12-38(24)27(39)21-13-22(29(31,32)33)16-23(14-21)30(34,35)36/h3-10,13-14,16,24H,11-12,15,17-18H2,1-2H3. The molecule has 0 radical (unpaired) electrons. The molecular weight excluding hydrogens is 582 g/mol. The molecule has 3 aromatic rings. The van der Waals surface area contributed by atoms with Gasteiger partial charge in [-0.2, -0.15) is 26.3 Å². The molecule has 1 atom stereocenters. The molecular formula is C30H28F6N2O5. The largest absolute Gasteiger partial charge is 0.493 e. The van der Waals surface area contributed by atoms with Gasteiger partial charge in [-0.15, -0.1) is 0 Å². The number of benzene rings is 3. The van der Waals surface area contributed by atoms with Crippen molar-refractivity contribution in [2.75, 3.05) is 33.9 Å². The lowest BCUT2D eigenvalue weighted by molar-refractivity contribution is -0.143. The van der Waals surface area contributed by atoms with E-state index in [9.17, 15) is 35.9 Å². The van der Waals surface area contributed by atoms with Gasteiger partial charge < -0.3 is 24.0 Å². The van der Waals surface area contributed by atoms with Crippen molar-refractivity contribution in [3.63, 3.8) is 0 Å². The molecule has 2 amide bonds. The van der Waals surface area contributed by atoms with E-state index in [-0.39, 0.29) is 38.7 Å². The van der Waals surface area contributed by atoms with Crippen LogP contribution in [-0.2, 0) is 30.1 Å². The highest BCUT2D eigenvalue weighted by atomic mass is 19.4. The molecule has 0 N–H and O–H groups in total. The number of nitrogens with zero attached hydrogens (tertiary/aromatic N) is 2.